The normalized spacial score (nSPS) is 18.1. The third kappa shape index (κ3) is 3.23. The fraction of sp³-hybridized carbons (Fsp3) is 0.320. The molecule has 0 N–H and O–H groups in total. The van der Waals surface area contributed by atoms with Gasteiger partial charge in [-0.1, -0.05) is 56.3 Å². The largest absolute Gasteiger partial charge is 0.310 e. The maximum absolute atomic E-state index is 12.8. The quantitative estimate of drug-likeness (QED) is 0.623. The molecule has 0 radical (unpaired) electrons. The van der Waals surface area contributed by atoms with Gasteiger partial charge in [0.15, 0.2) is 5.78 Å². The summed E-state index contributed by atoms with van der Waals surface area (Å²) in [5.74, 6) is 1.55. The molecule has 0 saturated heterocycles. The Labute approximate surface area is 171 Å². The summed E-state index contributed by atoms with van der Waals surface area (Å²) in [5.41, 5.74) is 6.63. The first-order valence-corrected chi connectivity index (χ1v) is 10.4. The topological polar surface area (TPSA) is 46.1 Å². The van der Waals surface area contributed by atoms with Crippen LogP contribution in [0.1, 0.15) is 64.8 Å². The fourth-order valence-corrected chi connectivity index (χ4v) is 4.50. The van der Waals surface area contributed by atoms with Gasteiger partial charge in [0.1, 0.15) is 0 Å². The van der Waals surface area contributed by atoms with E-state index in [-0.39, 0.29) is 11.7 Å². The number of hydrogen-bond acceptors (Lipinski definition) is 4. The molecular weight excluding hydrogens is 358 g/mol. The van der Waals surface area contributed by atoms with Gasteiger partial charge in [0.25, 0.3) is 0 Å². The first kappa shape index (κ1) is 18.0. The van der Waals surface area contributed by atoms with Crippen LogP contribution in [-0.4, -0.2) is 22.3 Å². The molecule has 146 valence electrons. The zero-order valence-corrected chi connectivity index (χ0v) is 16.9. The van der Waals surface area contributed by atoms with Crippen LogP contribution in [0.3, 0.4) is 0 Å². The van der Waals surface area contributed by atoms with Crippen molar-refractivity contribution in [2.75, 3.05) is 11.4 Å². The molecule has 1 aliphatic carbocycles. The summed E-state index contributed by atoms with van der Waals surface area (Å²) in [4.78, 5) is 24.4. The van der Waals surface area contributed by atoms with Crippen LogP contribution in [0.2, 0.25) is 0 Å². The van der Waals surface area contributed by atoms with Crippen LogP contribution in [0.25, 0.3) is 0 Å². The molecule has 2 aliphatic rings. The Bertz CT molecular complexity index is 1070. The van der Waals surface area contributed by atoms with Crippen molar-refractivity contribution in [3.05, 3.63) is 82.7 Å². The third-order valence-electron chi connectivity index (χ3n) is 6.23. The summed E-state index contributed by atoms with van der Waals surface area (Å²) in [7, 11) is 0. The first-order chi connectivity index (χ1) is 14.1. The van der Waals surface area contributed by atoms with Crippen molar-refractivity contribution in [3.8, 4) is 0 Å². The number of ketones is 1. The van der Waals surface area contributed by atoms with Crippen LogP contribution in [0.15, 0.2) is 54.7 Å². The second kappa shape index (κ2) is 7.11. The first-order valence-electron chi connectivity index (χ1n) is 10.4. The van der Waals surface area contributed by atoms with Crippen molar-refractivity contribution in [1.82, 2.24) is 9.97 Å². The molecule has 1 aromatic heterocycles. The highest BCUT2D eigenvalue weighted by molar-refractivity contribution is 5.98. The molecule has 5 rings (SSSR count). The van der Waals surface area contributed by atoms with E-state index in [2.05, 4.69) is 72.3 Å². The van der Waals surface area contributed by atoms with Gasteiger partial charge in [-0.15, -0.1) is 0 Å². The number of fused-ring (bicyclic) bond motifs is 2. The Kier molecular flexibility index (Phi) is 4.42. The van der Waals surface area contributed by atoms with Crippen molar-refractivity contribution >= 4 is 17.4 Å². The van der Waals surface area contributed by atoms with Crippen molar-refractivity contribution in [1.29, 1.82) is 0 Å². The van der Waals surface area contributed by atoms with E-state index in [4.69, 9.17) is 4.98 Å². The minimum atomic E-state index is 0.151. The molecule has 2 aromatic carbocycles. The maximum atomic E-state index is 12.8. The number of aromatic nitrogens is 2. The molecule has 0 unspecified atom stereocenters. The number of nitrogens with zero attached hydrogens (tertiary/aromatic N) is 3. The molecule has 2 heterocycles. The second-order valence-electron chi connectivity index (χ2n) is 8.41. The van der Waals surface area contributed by atoms with Gasteiger partial charge in [-0.05, 0) is 47.4 Å². The molecular formula is C25H25N3O. The number of benzene rings is 2. The number of Topliss-reactive ketones (excluding diaryl/α,β-unsaturated/α-hetero) is 1. The predicted octanol–water partition coefficient (Wildman–Crippen LogP) is 5.21. The van der Waals surface area contributed by atoms with Crippen LogP contribution >= 0.6 is 0 Å². The van der Waals surface area contributed by atoms with E-state index in [9.17, 15) is 4.79 Å². The number of carbonyl (C=O) groups excluding carboxylic acids is 1. The fourth-order valence-electron chi connectivity index (χ4n) is 4.50. The number of anilines is 2. The Balaban J connectivity index is 1.45. The minimum absolute atomic E-state index is 0.151. The van der Waals surface area contributed by atoms with Crippen molar-refractivity contribution in [2.24, 2.45) is 0 Å². The lowest BCUT2D eigenvalue weighted by Crippen LogP contribution is -2.23. The molecule has 0 spiro atoms. The Morgan fingerprint density at radius 1 is 1.03 bits per heavy atom. The summed E-state index contributed by atoms with van der Waals surface area (Å²) in [5, 5.41) is 0. The van der Waals surface area contributed by atoms with E-state index < -0.39 is 0 Å². The minimum Gasteiger partial charge on any atom is -0.310 e. The summed E-state index contributed by atoms with van der Waals surface area (Å²) in [6.45, 7) is 5.28. The summed E-state index contributed by atoms with van der Waals surface area (Å²) in [6, 6.07) is 17.1. The highest BCUT2D eigenvalue weighted by Gasteiger charge is 2.30. The van der Waals surface area contributed by atoms with Crippen molar-refractivity contribution < 1.29 is 4.79 Å². The van der Waals surface area contributed by atoms with Gasteiger partial charge < -0.3 is 4.90 Å². The van der Waals surface area contributed by atoms with Crippen LogP contribution < -0.4 is 4.90 Å². The standard InChI is InChI=1S/C25H25N3O/c1-16(2)17-7-9-18(10-8-17)20-13-22-21(24(29)14-20)15-26-25(27-22)28-12-11-19-5-3-4-6-23(19)28/h3-10,15-16,20H,11-14H2,1-2H3/t20-/m1/s1. The molecule has 0 bridgehead atoms. The van der Waals surface area contributed by atoms with Gasteiger partial charge in [-0.3, -0.25) is 4.79 Å². The van der Waals surface area contributed by atoms with Gasteiger partial charge in [-0.2, -0.15) is 0 Å². The van der Waals surface area contributed by atoms with Crippen LogP contribution in [-0.2, 0) is 12.8 Å². The Hall–Kier alpha value is -3.01. The van der Waals surface area contributed by atoms with Crippen LogP contribution in [0, 0.1) is 0 Å². The van der Waals surface area contributed by atoms with E-state index in [0.717, 1.165) is 25.1 Å². The van der Waals surface area contributed by atoms with Gasteiger partial charge >= 0.3 is 0 Å². The molecule has 3 aromatic rings. The Morgan fingerprint density at radius 2 is 1.83 bits per heavy atom. The Morgan fingerprint density at radius 3 is 2.62 bits per heavy atom. The molecule has 0 saturated carbocycles. The van der Waals surface area contributed by atoms with Gasteiger partial charge in [0.2, 0.25) is 5.95 Å². The maximum Gasteiger partial charge on any atom is 0.230 e. The van der Waals surface area contributed by atoms with Gasteiger partial charge in [0, 0.05) is 24.8 Å². The van der Waals surface area contributed by atoms with Crippen molar-refractivity contribution in [2.45, 2.75) is 44.9 Å². The van der Waals surface area contributed by atoms with Crippen LogP contribution in [0.4, 0.5) is 11.6 Å². The molecule has 0 fully saturated rings. The summed E-state index contributed by atoms with van der Waals surface area (Å²) in [6.07, 6.45) is 4.05. The lowest BCUT2D eigenvalue weighted by atomic mass is 9.81. The number of carbonyl (C=O) groups is 1. The highest BCUT2D eigenvalue weighted by atomic mass is 16.1. The summed E-state index contributed by atoms with van der Waals surface area (Å²) >= 11 is 0. The zero-order chi connectivity index (χ0) is 20.0. The summed E-state index contributed by atoms with van der Waals surface area (Å²) < 4.78 is 0. The average Bonchev–Trinajstić information content (AvgIpc) is 3.17. The molecule has 4 nitrogen and oxygen atoms in total. The van der Waals surface area contributed by atoms with Crippen LogP contribution in [0.5, 0.6) is 0 Å². The molecule has 1 aliphatic heterocycles. The average molecular weight is 383 g/mol. The predicted molar refractivity (Wildman–Crippen MR) is 115 cm³/mol. The lowest BCUT2D eigenvalue weighted by molar-refractivity contribution is 0.0962. The molecule has 0 amide bonds. The lowest BCUT2D eigenvalue weighted by Gasteiger charge is -2.25. The van der Waals surface area contributed by atoms with Gasteiger partial charge in [0.05, 0.1) is 11.3 Å². The number of hydrogen-bond donors (Lipinski definition) is 0. The monoisotopic (exact) mass is 383 g/mol. The zero-order valence-electron chi connectivity index (χ0n) is 16.9. The SMILES string of the molecule is CC(C)c1ccc([C@H]2CC(=O)c3cnc(N4CCc5ccccc54)nc3C2)cc1. The van der Waals surface area contributed by atoms with E-state index in [1.165, 1.54) is 22.4 Å². The third-order valence-corrected chi connectivity index (χ3v) is 6.23. The van der Waals surface area contributed by atoms with E-state index in [1.807, 2.05) is 0 Å². The van der Waals surface area contributed by atoms with E-state index >= 15 is 0 Å². The number of rotatable bonds is 3. The number of para-hydroxylation sites is 1. The van der Waals surface area contributed by atoms with Crippen molar-refractivity contribution in [3.63, 3.8) is 0 Å². The molecule has 4 heteroatoms. The van der Waals surface area contributed by atoms with E-state index in [0.29, 0.717) is 23.9 Å². The molecule has 1 atom stereocenters. The van der Waals surface area contributed by atoms with Gasteiger partial charge in [-0.25, -0.2) is 9.97 Å². The highest BCUT2D eigenvalue weighted by Crippen LogP contribution is 2.36. The second-order valence-corrected chi connectivity index (χ2v) is 8.41. The molecule has 29 heavy (non-hydrogen) atoms. The van der Waals surface area contributed by atoms with E-state index in [1.54, 1.807) is 6.20 Å². The smallest absolute Gasteiger partial charge is 0.230 e.